The van der Waals surface area contributed by atoms with E-state index in [9.17, 15) is 0 Å². The molecular formula is C14H27NO. The van der Waals surface area contributed by atoms with Crippen molar-refractivity contribution in [3.8, 4) is 0 Å². The third-order valence-electron chi connectivity index (χ3n) is 4.03. The van der Waals surface area contributed by atoms with Crippen molar-refractivity contribution < 1.29 is 4.74 Å². The minimum absolute atomic E-state index is 0.251. The smallest absolute Gasteiger partial charge is 0.0685 e. The van der Waals surface area contributed by atoms with Gasteiger partial charge in [-0.05, 0) is 58.9 Å². The van der Waals surface area contributed by atoms with Crippen molar-refractivity contribution in [1.82, 2.24) is 5.32 Å². The van der Waals surface area contributed by atoms with E-state index in [1.807, 2.05) is 0 Å². The molecule has 0 radical (unpaired) electrons. The molecule has 1 heterocycles. The first-order chi connectivity index (χ1) is 7.49. The molecule has 1 unspecified atom stereocenters. The largest absolute Gasteiger partial charge is 0.375 e. The van der Waals surface area contributed by atoms with Gasteiger partial charge in [-0.15, -0.1) is 0 Å². The van der Waals surface area contributed by atoms with Crippen LogP contribution in [0.5, 0.6) is 0 Å². The van der Waals surface area contributed by atoms with Crippen LogP contribution in [0.1, 0.15) is 59.3 Å². The summed E-state index contributed by atoms with van der Waals surface area (Å²) >= 11 is 0. The Kier molecular flexibility index (Phi) is 3.60. The van der Waals surface area contributed by atoms with Crippen LogP contribution < -0.4 is 5.32 Å². The highest BCUT2D eigenvalue weighted by atomic mass is 16.5. The first-order valence-electron chi connectivity index (χ1n) is 6.88. The molecule has 1 saturated carbocycles. The topological polar surface area (TPSA) is 21.3 Å². The van der Waals surface area contributed by atoms with E-state index >= 15 is 0 Å². The normalized spacial score (nSPS) is 29.8. The van der Waals surface area contributed by atoms with E-state index < -0.39 is 0 Å². The SMILES string of the molecule is CC(C)(C)NCC1CCOC2(CCCC2)C1. The number of rotatable bonds is 2. The molecule has 1 saturated heterocycles. The molecule has 2 rings (SSSR count). The summed E-state index contributed by atoms with van der Waals surface area (Å²) in [5.41, 5.74) is 0.531. The zero-order valence-electron chi connectivity index (χ0n) is 11.1. The zero-order valence-corrected chi connectivity index (χ0v) is 11.1. The molecule has 2 fully saturated rings. The van der Waals surface area contributed by atoms with E-state index in [1.54, 1.807) is 0 Å². The maximum absolute atomic E-state index is 6.06. The predicted octanol–water partition coefficient (Wildman–Crippen LogP) is 3.11. The van der Waals surface area contributed by atoms with Crippen molar-refractivity contribution in [2.45, 2.75) is 70.4 Å². The van der Waals surface area contributed by atoms with Gasteiger partial charge in [-0.1, -0.05) is 12.8 Å². The van der Waals surface area contributed by atoms with Gasteiger partial charge in [0.25, 0.3) is 0 Å². The fourth-order valence-corrected chi connectivity index (χ4v) is 3.12. The number of hydrogen-bond acceptors (Lipinski definition) is 2. The van der Waals surface area contributed by atoms with E-state index in [0.29, 0.717) is 0 Å². The van der Waals surface area contributed by atoms with Crippen LogP contribution in [0.3, 0.4) is 0 Å². The van der Waals surface area contributed by atoms with Gasteiger partial charge in [-0.3, -0.25) is 0 Å². The van der Waals surface area contributed by atoms with Crippen molar-refractivity contribution in [3.63, 3.8) is 0 Å². The molecule has 1 aliphatic heterocycles. The molecule has 1 aliphatic carbocycles. The Bertz CT molecular complexity index is 225. The molecule has 2 nitrogen and oxygen atoms in total. The van der Waals surface area contributed by atoms with Crippen LogP contribution in [0, 0.1) is 5.92 Å². The summed E-state index contributed by atoms with van der Waals surface area (Å²) in [6.07, 6.45) is 7.89. The van der Waals surface area contributed by atoms with Gasteiger partial charge < -0.3 is 10.1 Å². The van der Waals surface area contributed by atoms with Crippen molar-refractivity contribution >= 4 is 0 Å². The second kappa shape index (κ2) is 4.66. The average molecular weight is 225 g/mol. The van der Waals surface area contributed by atoms with Crippen LogP contribution >= 0.6 is 0 Å². The zero-order chi connectivity index (χ0) is 11.6. The summed E-state index contributed by atoms with van der Waals surface area (Å²) in [5, 5.41) is 3.64. The van der Waals surface area contributed by atoms with Crippen molar-refractivity contribution in [2.24, 2.45) is 5.92 Å². The monoisotopic (exact) mass is 225 g/mol. The molecule has 0 aromatic carbocycles. The third kappa shape index (κ3) is 3.21. The summed E-state index contributed by atoms with van der Waals surface area (Å²) in [7, 11) is 0. The molecule has 0 aromatic rings. The molecule has 2 aliphatic rings. The van der Waals surface area contributed by atoms with E-state index in [-0.39, 0.29) is 11.1 Å². The predicted molar refractivity (Wildman–Crippen MR) is 67.6 cm³/mol. The number of nitrogens with one attached hydrogen (secondary N) is 1. The van der Waals surface area contributed by atoms with Crippen LogP contribution in [-0.4, -0.2) is 24.3 Å². The lowest BCUT2D eigenvalue weighted by Gasteiger charge is -2.39. The van der Waals surface area contributed by atoms with Crippen molar-refractivity contribution in [1.29, 1.82) is 0 Å². The molecule has 0 aromatic heterocycles. The fraction of sp³-hybridized carbons (Fsp3) is 1.00. The Morgan fingerprint density at radius 1 is 1.25 bits per heavy atom. The highest BCUT2D eigenvalue weighted by Crippen LogP contribution is 2.41. The average Bonchev–Trinajstić information content (AvgIpc) is 2.63. The molecule has 2 heteroatoms. The number of hydrogen-bond donors (Lipinski definition) is 1. The summed E-state index contributed by atoms with van der Waals surface area (Å²) in [6, 6.07) is 0. The van der Waals surface area contributed by atoms with Crippen molar-refractivity contribution in [3.05, 3.63) is 0 Å². The van der Waals surface area contributed by atoms with Gasteiger partial charge in [0.2, 0.25) is 0 Å². The van der Waals surface area contributed by atoms with Crippen LogP contribution in [0.25, 0.3) is 0 Å². The van der Waals surface area contributed by atoms with Gasteiger partial charge in [-0.25, -0.2) is 0 Å². The van der Waals surface area contributed by atoms with E-state index in [2.05, 4.69) is 26.1 Å². The summed E-state index contributed by atoms with van der Waals surface area (Å²) in [6.45, 7) is 8.89. The molecule has 1 atom stereocenters. The van der Waals surface area contributed by atoms with Crippen LogP contribution in [-0.2, 0) is 4.74 Å². The van der Waals surface area contributed by atoms with E-state index in [4.69, 9.17) is 4.74 Å². The minimum atomic E-state index is 0.251. The van der Waals surface area contributed by atoms with E-state index in [1.165, 1.54) is 38.5 Å². The van der Waals surface area contributed by atoms with Gasteiger partial charge in [0.05, 0.1) is 5.60 Å². The molecule has 16 heavy (non-hydrogen) atoms. The lowest BCUT2D eigenvalue weighted by molar-refractivity contribution is -0.0926. The Morgan fingerprint density at radius 3 is 2.56 bits per heavy atom. The third-order valence-corrected chi connectivity index (χ3v) is 4.03. The van der Waals surface area contributed by atoms with Gasteiger partial charge in [0.1, 0.15) is 0 Å². The maximum Gasteiger partial charge on any atom is 0.0685 e. The Balaban J connectivity index is 1.82. The quantitative estimate of drug-likeness (QED) is 0.779. The van der Waals surface area contributed by atoms with Crippen LogP contribution in [0.2, 0.25) is 0 Å². The van der Waals surface area contributed by atoms with Crippen LogP contribution in [0.4, 0.5) is 0 Å². The minimum Gasteiger partial charge on any atom is -0.375 e. The Hall–Kier alpha value is -0.0800. The first kappa shape index (κ1) is 12.4. The molecule has 1 spiro atoms. The molecular weight excluding hydrogens is 198 g/mol. The second-order valence-electron chi connectivity index (χ2n) is 6.73. The Morgan fingerprint density at radius 2 is 1.94 bits per heavy atom. The van der Waals surface area contributed by atoms with Gasteiger partial charge >= 0.3 is 0 Å². The lowest BCUT2D eigenvalue weighted by atomic mass is 9.84. The molecule has 1 N–H and O–H groups in total. The first-order valence-corrected chi connectivity index (χ1v) is 6.88. The Labute approximate surface area is 100 Å². The van der Waals surface area contributed by atoms with Crippen LogP contribution in [0.15, 0.2) is 0 Å². The molecule has 94 valence electrons. The van der Waals surface area contributed by atoms with Gasteiger partial charge in [-0.2, -0.15) is 0 Å². The summed E-state index contributed by atoms with van der Waals surface area (Å²) in [5.74, 6) is 0.825. The maximum atomic E-state index is 6.06. The second-order valence-corrected chi connectivity index (χ2v) is 6.73. The summed E-state index contributed by atoms with van der Waals surface area (Å²) in [4.78, 5) is 0. The van der Waals surface area contributed by atoms with Gasteiger partial charge in [0, 0.05) is 12.1 Å². The van der Waals surface area contributed by atoms with Gasteiger partial charge in [0.15, 0.2) is 0 Å². The molecule has 0 amide bonds. The molecule has 0 bridgehead atoms. The standard InChI is InChI=1S/C14H27NO/c1-13(2,3)15-11-12-6-9-16-14(10-12)7-4-5-8-14/h12,15H,4-11H2,1-3H3. The fourth-order valence-electron chi connectivity index (χ4n) is 3.12. The highest BCUT2D eigenvalue weighted by Gasteiger charge is 2.39. The van der Waals surface area contributed by atoms with Crippen molar-refractivity contribution in [2.75, 3.05) is 13.2 Å². The number of ether oxygens (including phenoxy) is 1. The highest BCUT2D eigenvalue weighted by molar-refractivity contribution is 4.92. The van der Waals surface area contributed by atoms with E-state index in [0.717, 1.165) is 19.1 Å². The lowest BCUT2D eigenvalue weighted by Crippen LogP contribution is -2.44. The summed E-state index contributed by atoms with van der Waals surface area (Å²) < 4.78 is 6.06.